The van der Waals surface area contributed by atoms with Gasteiger partial charge in [0.15, 0.2) is 12.1 Å². The topological polar surface area (TPSA) is 42.9 Å². The standard InChI is InChI=1S/C12H6BrF3N2O/c13-7-1-2-9(10(5-7)12(14,15)16)11-17-4-3-8(6-19)18-11/h1-6H. The van der Waals surface area contributed by atoms with Crippen LogP contribution < -0.4 is 0 Å². The zero-order valence-corrected chi connectivity index (χ0v) is 10.9. The van der Waals surface area contributed by atoms with Crippen molar-refractivity contribution in [3.8, 4) is 11.4 Å². The number of hydrogen-bond acceptors (Lipinski definition) is 3. The maximum Gasteiger partial charge on any atom is 0.417 e. The number of carbonyl (C=O) groups excluding carboxylic acids is 1. The number of halogens is 4. The van der Waals surface area contributed by atoms with E-state index in [1.807, 2.05) is 0 Å². The molecule has 2 rings (SSSR count). The van der Waals surface area contributed by atoms with E-state index in [4.69, 9.17) is 0 Å². The zero-order valence-electron chi connectivity index (χ0n) is 9.28. The molecule has 1 aromatic heterocycles. The van der Waals surface area contributed by atoms with Crippen LogP contribution in [0.5, 0.6) is 0 Å². The Labute approximate surface area is 114 Å². The van der Waals surface area contributed by atoms with Gasteiger partial charge in [-0.05, 0) is 24.3 Å². The second-order valence-electron chi connectivity index (χ2n) is 3.61. The van der Waals surface area contributed by atoms with Crippen LogP contribution in [0.2, 0.25) is 0 Å². The third-order valence-electron chi connectivity index (χ3n) is 2.33. The van der Waals surface area contributed by atoms with Crippen LogP contribution in [0.4, 0.5) is 13.2 Å². The molecule has 0 saturated heterocycles. The van der Waals surface area contributed by atoms with Crippen molar-refractivity contribution in [3.63, 3.8) is 0 Å². The fourth-order valence-electron chi connectivity index (χ4n) is 1.51. The molecule has 0 fully saturated rings. The second kappa shape index (κ2) is 5.08. The molecule has 98 valence electrons. The normalized spacial score (nSPS) is 11.4. The Kier molecular flexibility index (Phi) is 3.66. The van der Waals surface area contributed by atoms with Gasteiger partial charge in [0.05, 0.1) is 5.56 Å². The van der Waals surface area contributed by atoms with E-state index in [0.717, 1.165) is 6.07 Å². The lowest BCUT2D eigenvalue weighted by molar-refractivity contribution is -0.137. The number of benzene rings is 1. The van der Waals surface area contributed by atoms with Gasteiger partial charge in [-0.1, -0.05) is 15.9 Å². The SMILES string of the molecule is O=Cc1ccnc(-c2ccc(Br)cc2C(F)(F)F)n1. The van der Waals surface area contributed by atoms with Gasteiger partial charge in [0, 0.05) is 16.2 Å². The highest BCUT2D eigenvalue weighted by molar-refractivity contribution is 9.10. The van der Waals surface area contributed by atoms with Gasteiger partial charge in [-0.3, -0.25) is 4.79 Å². The summed E-state index contributed by atoms with van der Waals surface area (Å²) in [7, 11) is 0. The van der Waals surface area contributed by atoms with Crippen LogP contribution in [0, 0.1) is 0 Å². The summed E-state index contributed by atoms with van der Waals surface area (Å²) in [6, 6.07) is 4.99. The average molecular weight is 331 g/mol. The van der Waals surface area contributed by atoms with Gasteiger partial charge in [0.25, 0.3) is 0 Å². The van der Waals surface area contributed by atoms with Gasteiger partial charge in [0.2, 0.25) is 0 Å². The van der Waals surface area contributed by atoms with Crippen LogP contribution in [-0.2, 0) is 6.18 Å². The Morgan fingerprint density at radius 3 is 2.58 bits per heavy atom. The van der Waals surface area contributed by atoms with Crippen molar-refractivity contribution in [1.82, 2.24) is 9.97 Å². The van der Waals surface area contributed by atoms with Crippen molar-refractivity contribution in [2.75, 3.05) is 0 Å². The van der Waals surface area contributed by atoms with Crippen LogP contribution in [0.15, 0.2) is 34.9 Å². The van der Waals surface area contributed by atoms with E-state index < -0.39 is 11.7 Å². The van der Waals surface area contributed by atoms with Crippen molar-refractivity contribution >= 4 is 22.2 Å². The zero-order chi connectivity index (χ0) is 14.0. The van der Waals surface area contributed by atoms with Gasteiger partial charge in [-0.15, -0.1) is 0 Å². The molecule has 0 bridgehead atoms. The van der Waals surface area contributed by atoms with E-state index in [2.05, 4.69) is 25.9 Å². The third kappa shape index (κ3) is 2.98. The first kappa shape index (κ1) is 13.7. The highest BCUT2D eigenvalue weighted by Crippen LogP contribution is 2.37. The molecule has 0 radical (unpaired) electrons. The number of carbonyl (C=O) groups is 1. The van der Waals surface area contributed by atoms with E-state index >= 15 is 0 Å². The fraction of sp³-hybridized carbons (Fsp3) is 0.0833. The lowest BCUT2D eigenvalue weighted by Crippen LogP contribution is -2.08. The Hall–Kier alpha value is -1.76. The Bertz CT molecular complexity index is 629. The maximum absolute atomic E-state index is 13.0. The van der Waals surface area contributed by atoms with Crippen molar-refractivity contribution < 1.29 is 18.0 Å². The van der Waals surface area contributed by atoms with E-state index in [1.54, 1.807) is 0 Å². The minimum atomic E-state index is -4.53. The molecule has 0 spiro atoms. The molecule has 0 atom stereocenters. The molecule has 0 aliphatic rings. The van der Waals surface area contributed by atoms with Crippen LogP contribution in [-0.4, -0.2) is 16.3 Å². The Morgan fingerprint density at radius 2 is 1.95 bits per heavy atom. The summed E-state index contributed by atoms with van der Waals surface area (Å²) >= 11 is 2.99. The van der Waals surface area contributed by atoms with Gasteiger partial charge in [0.1, 0.15) is 5.69 Å². The molecule has 0 amide bonds. The smallest absolute Gasteiger partial charge is 0.296 e. The van der Waals surface area contributed by atoms with E-state index in [-0.39, 0.29) is 17.1 Å². The molecule has 7 heteroatoms. The first-order chi connectivity index (χ1) is 8.91. The van der Waals surface area contributed by atoms with E-state index in [9.17, 15) is 18.0 Å². The lowest BCUT2D eigenvalue weighted by atomic mass is 10.1. The number of rotatable bonds is 2. The minimum absolute atomic E-state index is 0.0287. The van der Waals surface area contributed by atoms with Crippen molar-refractivity contribution in [3.05, 3.63) is 46.2 Å². The number of alkyl halides is 3. The molecule has 0 N–H and O–H groups in total. The molecule has 3 nitrogen and oxygen atoms in total. The van der Waals surface area contributed by atoms with Crippen LogP contribution in [0.3, 0.4) is 0 Å². The molecule has 19 heavy (non-hydrogen) atoms. The largest absolute Gasteiger partial charge is 0.417 e. The summed E-state index contributed by atoms with van der Waals surface area (Å²) in [6.07, 6.45) is -2.83. The summed E-state index contributed by atoms with van der Waals surface area (Å²) in [4.78, 5) is 18.2. The first-order valence-electron chi connectivity index (χ1n) is 5.07. The highest BCUT2D eigenvalue weighted by atomic mass is 79.9. The first-order valence-corrected chi connectivity index (χ1v) is 5.86. The molecule has 0 saturated carbocycles. The predicted octanol–water partition coefficient (Wildman–Crippen LogP) is 3.74. The lowest BCUT2D eigenvalue weighted by Gasteiger charge is -2.12. The van der Waals surface area contributed by atoms with Crippen molar-refractivity contribution in [2.45, 2.75) is 6.18 Å². The number of nitrogens with zero attached hydrogens (tertiary/aromatic N) is 2. The van der Waals surface area contributed by atoms with E-state index in [1.165, 1.54) is 24.4 Å². The summed E-state index contributed by atoms with van der Waals surface area (Å²) in [5.41, 5.74) is -0.995. The molecule has 0 aliphatic heterocycles. The quantitative estimate of drug-likeness (QED) is 0.788. The monoisotopic (exact) mass is 330 g/mol. The number of aldehydes is 1. The number of aromatic nitrogens is 2. The molecule has 0 unspecified atom stereocenters. The minimum Gasteiger partial charge on any atom is -0.296 e. The fourth-order valence-corrected chi connectivity index (χ4v) is 1.88. The maximum atomic E-state index is 13.0. The van der Waals surface area contributed by atoms with Gasteiger partial charge < -0.3 is 0 Å². The van der Waals surface area contributed by atoms with E-state index in [0.29, 0.717) is 10.8 Å². The van der Waals surface area contributed by atoms with Gasteiger partial charge in [-0.25, -0.2) is 9.97 Å². The molecule has 2 aromatic rings. The van der Waals surface area contributed by atoms with Crippen molar-refractivity contribution in [2.24, 2.45) is 0 Å². The third-order valence-corrected chi connectivity index (χ3v) is 2.82. The molecular formula is C12H6BrF3N2O. The van der Waals surface area contributed by atoms with Crippen LogP contribution >= 0.6 is 15.9 Å². The highest BCUT2D eigenvalue weighted by Gasteiger charge is 2.34. The molecule has 1 heterocycles. The van der Waals surface area contributed by atoms with Gasteiger partial charge >= 0.3 is 6.18 Å². The second-order valence-corrected chi connectivity index (χ2v) is 4.53. The Morgan fingerprint density at radius 1 is 1.21 bits per heavy atom. The summed E-state index contributed by atoms with van der Waals surface area (Å²) < 4.78 is 39.2. The molecule has 0 aliphatic carbocycles. The Balaban J connectivity index is 2.64. The predicted molar refractivity (Wildman–Crippen MR) is 65.6 cm³/mol. The van der Waals surface area contributed by atoms with Gasteiger partial charge in [-0.2, -0.15) is 13.2 Å². The van der Waals surface area contributed by atoms with Crippen LogP contribution in [0.1, 0.15) is 16.1 Å². The average Bonchev–Trinajstić information content (AvgIpc) is 2.37. The summed E-state index contributed by atoms with van der Waals surface area (Å²) in [5, 5.41) is 0. The molecule has 1 aromatic carbocycles. The molecular weight excluding hydrogens is 325 g/mol. The van der Waals surface area contributed by atoms with Crippen molar-refractivity contribution in [1.29, 1.82) is 0 Å². The number of hydrogen-bond donors (Lipinski definition) is 0. The van der Waals surface area contributed by atoms with Crippen LogP contribution in [0.25, 0.3) is 11.4 Å². The summed E-state index contributed by atoms with van der Waals surface area (Å²) in [5.74, 6) is -0.135. The summed E-state index contributed by atoms with van der Waals surface area (Å²) in [6.45, 7) is 0.